The molecule has 0 saturated heterocycles. The van der Waals surface area contributed by atoms with E-state index in [0.717, 1.165) is 28.5 Å². The lowest BCUT2D eigenvalue weighted by Gasteiger charge is -2.28. The van der Waals surface area contributed by atoms with Crippen molar-refractivity contribution in [2.45, 2.75) is 12.8 Å². The van der Waals surface area contributed by atoms with Crippen molar-refractivity contribution < 1.29 is 14.4 Å². The van der Waals surface area contributed by atoms with Crippen LogP contribution in [-0.2, 0) is 12.8 Å². The molecule has 4 aromatic carbocycles. The number of carbonyl (C=O) groups is 3. The number of aryl methyl sites for hydroxylation is 2. The van der Waals surface area contributed by atoms with Crippen LogP contribution in [0.3, 0.4) is 0 Å². The van der Waals surface area contributed by atoms with Crippen molar-refractivity contribution in [1.82, 2.24) is 0 Å². The third-order valence-electron chi connectivity index (χ3n) is 6.31. The van der Waals surface area contributed by atoms with E-state index in [1.165, 1.54) is 11.1 Å². The Morgan fingerprint density at radius 1 is 0.788 bits per heavy atom. The van der Waals surface area contributed by atoms with Gasteiger partial charge in [-0.25, -0.2) is 4.90 Å². The number of amides is 3. The van der Waals surface area contributed by atoms with Crippen LogP contribution in [0.1, 0.15) is 42.2 Å². The third-order valence-corrected chi connectivity index (χ3v) is 6.55. The summed E-state index contributed by atoms with van der Waals surface area (Å²) >= 11 is 6.00. The Kier molecular flexibility index (Phi) is 4.35. The maximum atomic E-state index is 13.5. The highest BCUT2D eigenvalue weighted by Gasteiger charge is 2.36. The Hall–Kier alpha value is -3.96. The lowest BCUT2D eigenvalue weighted by Crippen LogP contribution is -2.40. The first kappa shape index (κ1) is 19.7. The van der Waals surface area contributed by atoms with Crippen LogP contribution in [0.4, 0.5) is 11.4 Å². The average molecular weight is 453 g/mol. The summed E-state index contributed by atoms with van der Waals surface area (Å²) in [5.74, 6) is -1.12. The fourth-order valence-electron chi connectivity index (χ4n) is 4.81. The molecule has 0 aromatic heterocycles. The Balaban J connectivity index is 1.39. The summed E-state index contributed by atoms with van der Waals surface area (Å²) in [5, 5.41) is 5.10. The Morgan fingerprint density at radius 3 is 2.12 bits per heavy atom. The number of nitrogens with zero attached hydrogens (tertiary/aromatic N) is 1. The SMILES string of the molecule is O=C(Nc1cccc(Cl)c1)c1cccc(N2C(=O)c3ccc4c5c(ccc(c35)C2=O)CC4)c1. The molecule has 0 unspecified atom stereocenters. The van der Waals surface area contributed by atoms with Crippen molar-refractivity contribution >= 4 is 51.5 Å². The van der Waals surface area contributed by atoms with E-state index in [-0.39, 0.29) is 17.7 Å². The van der Waals surface area contributed by atoms with Gasteiger partial charge in [-0.3, -0.25) is 14.4 Å². The monoisotopic (exact) mass is 452 g/mol. The van der Waals surface area contributed by atoms with Crippen LogP contribution >= 0.6 is 11.6 Å². The minimum absolute atomic E-state index is 0.327. The van der Waals surface area contributed by atoms with Crippen LogP contribution in [0.15, 0.2) is 72.8 Å². The molecule has 0 bridgehead atoms. The maximum Gasteiger partial charge on any atom is 0.265 e. The number of benzene rings is 4. The van der Waals surface area contributed by atoms with Gasteiger partial charge in [0.1, 0.15) is 0 Å². The first-order valence-corrected chi connectivity index (χ1v) is 11.0. The maximum absolute atomic E-state index is 13.5. The number of imide groups is 1. The first-order valence-electron chi connectivity index (χ1n) is 10.6. The molecule has 2 aliphatic rings. The van der Waals surface area contributed by atoms with E-state index < -0.39 is 0 Å². The predicted molar refractivity (Wildman–Crippen MR) is 128 cm³/mol. The molecule has 6 heteroatoms. The highest BCUT2D eigenvalue weighted by molar-refractivity contribution is 6.36. The van der Waals surface area contributed by atoms with Crippen molar-refractivity contribution in [3.8, 4) is 0 Å². The molecule has 3 amide bonds. The normalized spacial score (nSPS) is 14.2. The molecule has 33 heavy (non-hydrogen) atoms. The van der Waals surface area contributed by atoms with Gasteiger partial charge in [0.15, 0.2) is 0 Å². The van der Waals surface area contributed by atoms with E-state index in [2.05, 4.69) is 5.32 Å². The van der Waals surface area contributed by atoms with Crippen LogP contribution in [0, 0.1) is 0 Å². The number of rotatable bonds is 3. The Labute approximate surface area is 194 Å². The average Bonchev–Trinajstić information content (AvgIpc) is 3.24. The van der Waals surface area contributed by atoms with E-state index in [1.54, 1.807) is 48.5 Å². The van der Waals surface area contributed by atoms with E-state index in [0.29, 0.717) is 33.1 Å². The van der Waals surface area contributed by atoms with Gasteiger partial charge in [0.2, 0.25) is 0 Å². The van der Waals surface area contributed by atoms with Gasteiger partial charge in [-0.15, -0.1) is 0 Å². The fraction of sp³-hybridized carbons (Fsp3) is 0.0741. The minimum Gasteiger partial charge on any atom is -0.322 e. The molecule has 6 rings (SSSR count). The van der Waals surface area contributed by atoms with E-state index in [1.807, 2.05) is 24.3 Å². The predicted octanol–water partition coefficient (Wildman–Crippen LogP) is 5.64. The summed E-state index contributed by atoms with van der Waals surface area (Å²) in [6.07, 6.45) is 1.84. The van der Waals surface area contributed by atoms with Crippen molar-refractivity contribution in [2.24, 2.45) is 0 Å². The molecule has 0 saturated carbocycles. The second-order valence-electron chi connectivity index (χ2n) is 8.26. The molecule has 1 aliphatic carbocycles. The number of anilines is 2. The second-order valence-corrected chi connectivity index (χ2v) is 8.69. The minimum atomic E-state index is -0.379. The molecular weight excluding hydrogens is 436 g/mol. The van der Waals surface area contributed by atoms with Gasteiger partial charge in [-0.1, -0.05) is 35.9 Å². The van der Waals surface area contributed by atoms with Crippen LogP contribution in [0.2, 0.25) is 5.02 Å². The summed E-state index contributed by atoms with van der Waals surface area (Å²) in [4.78, 5) is 40.9. The quantitative estimate of drug-likeness (QED) is 0.409. The third kappa shape index (κ3) is 3.04. The van der Waals surface area contributed by atoms with Gasteiger partial charge in [-0.05, 0) is 77.9 Å². The van der Waals surface area contributed by atoms with Crippen LogP contribution in [0.5, 0.6) is 0 Å². The van der Waals surface area contributed by atoms with Crippen molar-refractivity contribution in [3.63, 3.8) is 0 Å². The standard InChI is InChI=1S/C27H17ClN2O3/c28-18-4-2-5-19(14-18)29-25(31)17-3-1-6-20(13-17)30-26(32)21-11-9-15-7-8-16-10-12-22(27(30)33)24(21)23(15)16/h1-6,9-14H,7-8H2,(H,29,31). The van der Waals surface area contributed by atoms with E-state index in [4.69, 9.17) is 11.6 Å². The largest absolute Gasteiger partial charge is 0.322 e. The molecule has 0 fully saturated rings. The zero-order valence-corrected chi connectivity index (χ0v) is 18.1. The van der Waals surface area contributed by atoms with Gasteiger partial charge in [0.05, 0.1) is 5.69 Å². The van der Waals surface area contributed by atoms with Crippen molar-refractivity contribution in [1.29, 1.82) is 0 Å². The van der Waals surface area contributed by atoms with Crippen molar-refractivity contribution in [2.75, 3.05) is 10.2 Å². The lowest BCUT2D eigenvalue weighted by atomic mass is 9.91. The van der Waals surface area contributed by atoms with Gasteiger partial charge < -0.3 is 5.32 Å². The summed E-state index contributed by atoms with van der Waals surface area (Å²) in [5.41, 5.74) is 4.62. The Morgan fingerprint density at radius 2 is 1.45 bits per heavy atom. The van der Waals surface area contributed by atoms with Crippen molar-refractivity contribution in [3.05, 3.63) is 106 Å². The molecule has 160 valence electrons. The summed E-state index contributed by atoms with van der Waals surface area (Å²) in [7, 11) is 0. The summed E-state index contributed by atoms with van der Waals surface area (Å²) in [6.45, 7) is 0. The smallest absolute Gasteiger partial charge is 0.265 e. The number of hydrogen-bond acceptors (Lipinski definition) is 3. The van der Waals surface area contributed by atoms with E-state index in [9.17, 15) is 14.4 Å². The highest BCUT2D eigenvalue weighted by atomic mass is 35.5. The summed E-state index contributed by atoms with van der Waals surface area (Å²) in [6, 6.07) is 21.0. The zero-order valence-electron chi connectivity index (χ0n) is 17.4. The van der Waals surface area contributed by atoms with Gasteiger partial charge >= 0.3 is 0 Å². The second kappa shape index (κ2) is 7.29. The molecule has 1 aliphatic heterocycles. The topological polar surface area (TPSA) is 66.5 Å². The fourth-order valence-corrected chi connectivity index (χ4v) is 5.00. The lowest BCUT2D eigenvalue weighted by molar-refractivity contribution is 0.0892. The molecule has 5 nitrogen and oxygen atoms in total. The number of hydrogen-bond donors (Lipinski definition) is 1. The molecule has 0 spiro atoms. The van der Waals surface area contributed by atoms with E-state index >= 15 is 0 Å². The first-order chi connectivity index (χ1) is 16.0. The molecule has 1 heterocycles. The zero-order chi connectivity index (χ0) is 22.7. The van der Waals surface area contributed by atoms with Gasteiger partial charge in [0, 0.05) is 32.8 Å². The number of carbonyl (C=O) groups excluding carboxylic acids is 3. The molecule has 0 atom stereocenters. The molecular formula is C27H17ClN2O3. The molecule has 0 radical (unpaired) electrons. The van der Waals surface area contributed by atoms with Crippen LogP contribution < -0.4 is 10.2 Å². The van der Waals surface area contributed by atoms with Gasteiger partial charge in [0.25, 0.3) is 17.7 Å². The molecule has 1 N–H and O–H groups in total. The highest BCUT2D eigenvalue weighted by Crippen LogP contribution is 2.39. The summed E-state index contributed by atoms with van der Waals surface area (Å²) < 4.78 is 0. The van der Waals surface area contributed by atoms with Crippen LogP contribution in [0.25, 0.3) is 10.8 Å². The molecule has 4 aromatic rings. The number of halogens is 1. The van der Waals surface area contributed by atoms with Gasteiger partial charge in [-0.2, -0.15) is 0 Å². The number of nitrogens with one attached hydrogen (secondary N) is 1. The Bertz CT molecular complexity index is 1470. The van der Waals surface area contributed by atoms with Crippen LogP contribution in [-0.4, -0.2) is 17.7 Å².